The number of nitrogens with one attached hydrogen (secondary N) is 2. The number of hydrogen-bond donors (Lipinski definition) is 2. The summed E-state index contributed by atoms with van der Waals surface area (Å²) in [5.41, 5.74) is 0. The van der Waals surface area contributed by atoms with Gasteiger partial charge in [-0.2, -0.15) is 0 Å². The van der Waals surface area contributed by atoms with Crippen LogP contribution in [0.2, 0.25) is 0 Å². The van der Waals surface area contributed by atoms with Gasteiger partial charge in [-0.05, 0) is 44.9 Å². The van der Waals surface area contributed by atoms with Crippen molar-refractivity contribution in [3.8, 4) is 0 Å². The van der Waals surface area contributed by atoms with Crippen molar-refractivity contribution in [2.45, 2.75) is 103 Å². The van der Waals surface area contributed by atoms with Gasteiger partial charge in [-0.3, -0.25) is 4.79 Å². The highest BCUT2D eigenvalue weighted by Gasteiger charge is 2.34. The monoisotopic (exact) mass is 294 g/mol. The number of unbranched alkanes of at least 4 members (excludes halogenated alkanes) is 3. The third kappa shape index (κ3) is 5.28. The third-order valence-corrected chi connectivity index (χ3v) is 5.35. The van der Waals surface area contributed by atoms with Crippen LogP contribution >= 0.6 is 0 Å². The summed E-state index contributed by atoms with van der Waals surface area (Å²) in [5.74, 6) is 1.07. The molecule has 21 heavy (non-hydrogen) atoms. The van der Waals surface area contributed by atoms with Crippen LogP contribution in [0.1, 0.15) is 84.5 Å². The average molecular weight is 294 g/mol. The van der Waals surface area contributed by atoms with Crippen LogP contribution in [0.4, 0.5) is 0 Å². The van der Waals surface area contributed by atoms with E-state index in [9.17, 15) is 4.79 Å². The molecule has 1 amide bonds. The molecule has 1 saturated heterocycles. The molecule has 0 radical (unpaired) electrons. The van der Waals surface area contributed by atoms with Crippen LogP contribution in [0.5, 0.6) is 0 Å². The molecule has 122 valence electrons. The maximum Gasteiger partial charge on any atom is 0.237 e. The molecular weight excluding hydrogens is 260 g/mol. The SMILES string of the molecule is CCCCCCC(C)NC(=O)C1CCC2CCCCC2N1. The predicted octanol–water partition coefficient (Wildman–Crippen LogP) is 3.77. The summed E-state index contributed by atoms with van der Waals surface area (Å²) in [6, 6.07) is 0.978. The number of rotatable bonds is 7. The highest BCUT2D eigenvalue weighted by atomic mass is 16.2. The number of amides is 1. The Balaban J connectivity index is 1.68. The van der Waals surface area contributed by atoms with E-state index in [1.807, 2.05) is 0 Å². The maximum absolute atomic E-state index is 12.4. The van der Waals surface area contributed by atoms with Crippen molar-refractivity contribution >= 4 is 5.91 Å². The van der Waals surface area contributed by atoms with Gasteiger partial charge in [0.2, 0.25) is 5.91 Å². The van der Waals surface area contributed by atoms with Crippen molar-refractivity contribution in [3.05, 3.63) is 0 Å². The molecule has 3 heteroatoms. The lowest BCUT2D eigenvalue weighted by Crippen LogP contribution is -2.55. The third-order valence-electron chi connectivity index (χ3n) is 5.35. The Morgan fingerprint density at radius 1 is 1.14 bits per heavy atom. The molecule has 2 N–H and O–H groups in total. The van der Waals surface area contributed by atoms with E-state index < -0.39 is 0 Å². The van der Waals surface area contributed by atoms with E-state index >= 15 is 0 Å². The molecule has 0 aromatic carbocycles. The summed E-state index contributed by atoms with van der Waals surface area (Å²) in [4.78, 5) is 12.4. The average Bonchev–Trinajstić information content (AvgIpc) is 2.51. The molecular formula is C18H34N2O. The van der Waals surface area contributed by atoms with Crippen LogP contribution in [0.3, 0.4) is 0 Å². The standard InChI is InChI=1S/C18H34N2O/c1-3-4-5-6-9-14(2)19-18(21)17-13-12-15-10-7-8-11-16(15)20-17/h14-17,20H,3-13H2,1-2H3,(H,19,21). The molecule has 0 aromatic heterocycles. The van der Waals surface area contributed by atoms with Gasteiger partial charge >= 0.3 is 0 Å². The van der Waals surface area contributed by atoms with Crippen LogP contribution in [0, 0.1) is 5.92 Å². The molecule has 2 rings (SSSR count). The van der Waals surface area contributed by atoms with Crippen LogP contribution < -0.4 is 10.6 Å². The number of hydrogen-bond acceptors (Lipinski definition) is 2. The molecule has 1 aliphatic heterocycles. The van der Waals surface area contributed by atoms with Crippen molar-refractivity contribution in [1.29, 1.82) is 0 Å². The highest BCUT2D eigenvalue weighted by Crippen LogP contribution is 2.32. The predicted molar refractivity (Wildman–Crippen MR) is 88.3 cm³/mol. The van der Waals surface area contributed by atoms with Gasteiger partial charge in [0.15, 0.2) is 0 Å². The molecule has 0 aromatic rings. The Hall–Kier alpha value is -0.570. The van der Waals surface area contributed by atoms with Crippen LogP contribution in [-0.4, -0.2) is 24.0 Å². The first-order valence-corrected chi connectivity index (χ1v) is 9.27. The Labute approximate surface area is 130 Å². The molecule has 4 unspecified atom stereocenters. The summed E-state index contributed by atoms with van der Waals surface area (Å²) in [6.45, 7) is 4.38. The van der Waals surface area contributed by atoms with Crippen molar-refractivity contribution in [3.63, 3.8) is 0 Å². The zero-order valence-electron chi connectivity index (χ0n) is 14.0. The smallest absolute Gasteiger partial charge is 0.237 e. The van der Waals surface area contributed by atoms with E-state index in [-0.39, 0.29) is 11.9 Å². The molecule has 1 saturated carbocycles. The molecule has 3 nitrogen and oxygen atoms in total. The van der Waals surface area contributed by atoms with Crippen LogP contribution in [-0.2, 0) is 4.79 Å². The van der Waals surface area contributed by atoms with Crippen molar-refractivity contribution < 1.29 is 4.79 Å². The number of fused-ring (bicyclic) bond motifs is 1. The quantitative estimate of drug-likeness (QED) is 0.702. The number of piperidine rings is 1. The van der Waals surface area contributed by atoms with Gasteiger partial charge in [0.05, 0.1) is 6.04 Å². The summed E-state index contributed by atoms with van der Waals surface area (Å²) in [5, 5.41) is 6.85. The van der Waals surface area contributed by atoms with Crippen molar-refractivity contribution in [1.82, 2.24) is 10.6 Å². The zero-order valence-corrected chi connectivity index (χ0v) is 14.0. The fraction of sp³-hybridized carbons (Fsp3) is 0.944. The lowest BCUT2D eigenvalue weighted by atomic mass is 9.77. The minimum atomic E-state index is 0.0578. The molecule has 2 aliphatic rings. The van der Waals surface area contributed by atoms with Crippen molar-refractivity contribution in [2.75, 3.05) is 0 Å². The van der Waals surface area contributed by atoms with Gasteiger partial charge in [-0.25, -0.2) is 0 Å². The van der Waals surface area contributed by atoms with E-state index in [1.54, 1.807) is 0 Å². The van der Waals surface area contributed by atoms with Crippen LogP contribution in [0.15, 0.2) is 0 Å². The topological polar surface area (TPSA) is 41.1 Å². The Morgan fingerprint density at radius 2 is 1.95 bits per heavy atom. The van der Waals surface area contributed by atoms with Crippen LogP contribution in [0.25, 0.3) is 0 Å². The Bertz CT molecular complexity index is 318. The van der Waals surface area contributed by atoms with Gasteiger partial charge in [-0.15, -0.1) is 0 Å². The molecule has 2 fully saturated rings. The summed E-state index contributed by atoms with van der Waals surface area (Å²) in [6.07, 6.45) is 13.8. The second-order valence-electron chi connectivity index (χ2n) is 7.21. The molecule has 4 atom stereocenters. The highest BCUT2D eigenvalue weighted by molar-refractivity contribution is 5.82. The largest absolute Gasteiger partial charge is 0.352 e. The molecule has 1 heterocycles. The van der Waals surface area contributed by atoms with E-state index in [0.29, 0.717) is 12.1 Å². The zero-order chi connectivity index (χ0) is 15.1. The van der Waals surface area contributed by atoms with E-state index in [4.69, 9.17) is 0 Å². The van der Waals surface area contributed by atoms with Gasteiger partial charge in [-0.1, -0.05) is 45.4 Å². The second-order valence-corrected chi connectivity index (χ2v) is 7.21. The van der Waals surface area contributed by atoms with E-state index in [1.165, 1.54) is 57.8 Å². The molecule has 1 aliphatic carbocycles. The summed E-state index contributed by atoms with van der Waals surface area (Å²) >= 11 is 0. The fourth-order valence-electron chi connectivity index (χ4n) is 3.99. The first-order chi connectivity index (χ1) is 10.2. The minimum Gasteiger partial charge on any atom is -0.352 e. The lowest BCUT2D eigenvalue weighted by molar-refractivity contribution is -0.125. The normalized spacial score (nSPS) is 30.5. The summed E-state index contributed by atoms with van der Waals surface area (Å²) in [7, 11) is 0. The first-order valence-electron chi connectivity index (χ1n) is 9.27. The first kappa shape index (κ1) is 16.8. The Kier molecular flexibility index (Phi) is 7.01. The molecule has 0 spiro atoms. The molecule has 0 bridgehead atoms. The second kappa shape index (κ2) is 8.77. The fourth-order valence-corrected chi connectivity index (χ4v) is 3.99. The Morgan fingerprint density at radius 3 is 2.76 bits per heavy atom. The van der Waals surface area contributed by atoms with E-state index in [0.717, 1.165) is 18.8 Å². The lowest BCUT2D eigenvalue weighted by Gasteiger charge is -2.40. The van der Waals surface area contributed by atoms with Gasteiger partial charge in [0.25, 0.3) is 0 Å². The maximum atomic E-state index is 12.4. The number of carbonyl (C=O) groups excluding carboxylic acids is 1. The summed E-state index contributed by atoms with van der Waals surface area (Å²) < 4.78 is 0. The number of carbonyl (C=O) groups is 1. The van der Waals surface area contributed by atoms with E-state index in [2.05, 4.69) is 24.5 Å². The van der Waals surface area contributed by atoms with Crippen molar-refractivity contribution in [2.24, 2.45) is 5.92 Å². The van der Waals surface area contributed by atoms with Gasteiger partial charge in [0.1, 0.15) is 0 Å². The van der Waals surface area contributed by atoms with Gasteiger partial charge < -0.3 is 10.6 Å². The minimum absolute atomic E-state index is 0.0578. The van der Waals surface area contributed by atoms with Gasteiger partial charge in [0, 0.05) is 12.1 Å².